The molecule has 2 bridgehead atoms. The van der Waals surface area contributed by atoms with Crippen LogP contribution < -0.4 is 4.90 Å². The third-order valence-corrected chi connectivity index (χ3v) is 10.1. The fraction of sp³-hybridized carbons (Fsp3) is 0.577. The molecule has 34 heavy (non-hydrogen) atoms. The first-order valence-corrected chi connectivity index (χ1v) is 12.8. The molecule has 3 unspecified atom stereocenters. The molecule has 0 radical (unpaired) electrons. The van der Waals surface area contributed by atoms with Crippen LogP contribution in [0.2, 0.25) is 0 Å². The highest BCUT2D eigenvalue weighted by molar-refractivity contribution is 8.02. The van der Waals surface area contributed by atoms with E-state index in [0.29, 0.717) is 12.8 Å². The molecule has 7 atom stereocenters. The SMILES string of the molecule is C=CCN(C(=O)C1N([C@@H](CC)CO)C(=O)[C@@H]2[C@@H](C(=O)O)[C@H]3CC(C)C12S3)c1cc(C)ccc1C. The van der Waals surface area contributed by atoms with E-state index in [1.54, 1.807) is 11.0 Å². The van der Waals surface area contributed by atoms with Crippen LogP contribution in [0.5, 0.6) is 0 Å². The molecule has 1 spiro atoms. The van der Waals surface area contributed by atoms with Crippen molar-refractivity contribution in [2.45, 2.75) is 62.6 Å². The Bertz CT molecular complexity index is 1020. The van der Waals surface area contributed by atoms with E-state index in [9.17, 15) is 24.6 Å². The number of carboxylic acid groups (broad SMARTS) is 1. The summed E-state index contributed by atoms with van der Waals surface area (Å²) in [5.74, 6) is -3.13. The highest BCUT2D eigenvalue weighted by Crippen LogP contribution is 2.69. The lowest BCUT2D eigenvalue weighted by atomic mass is 9.66. The number of hydrogen-bond donors (Lipinski definition) is 2. The van der Waals surface area contributed by atoms with Gasteiger partial charge < -0.3 is 20.0 Å². The second-order valence-corrected chi connectivity index (χ2v) is 11.5. The normalized spacial score (nSPS) is 32.6. The topological polar surface area (TPSA) is 98.2 Å². The molecular formula is C26H34N2O5S. The van der Waals surface area contributed by atoms with Crippen LogP contribution >= 0.6 is 11.8 Å². The summed E-state index contributed by atoms with van der Waals surface area (Å²) in [5.41, 5.74) is 2.70. The standard InChI is InChI=1S/C26H34N2O5S/c1-6-10-27(18-11-14(3)8-9-15(18)4)24(31)22-26-16(5)12-19(34-26)20(25(32)33)21(26)23(30)28(22)17(7-2)13-29/h6,8-9,11,16-17,19-22,29H,1,7,10,12-13H2,2-5H3,(H,32,33)/t16?,17-,19+,20-,21-,22?,26?/m0/s1. The van der Waals surface area contributed by atoms with Crippen LogP contribution in [0.1, 0.15) is 37.8 Å². The van der Waals surface area contributed by atoms with E-state index in [0.717, 1.165) is 16.8 Å². The first-order valence-electron chi connectivity index (χ1n) is 12.0. The number of hydrogen-bond acceptors (Lipinski definition) is 5. The largest absolute Gasteiger partial charge is 0.481 e. The molecule has 3 aliphatic heterocycles. The van der Waals surface area contributed by atoms with Crippen molar-refractivity contribution >= 4 is 35.2 Å². The number of anilines is 1. The quantitative estimate of drug-likeness (QED) is 0.548. The van der Waals surface area contributed by atoms with Crippen LogP contribution in [0, 0.1) is 31.6 Å². The van der Waals surface area contributed by atoms with E-state index < -0.39 is 34.6 Å². The zero-order valence-corrected chi connectivity index (χ0v) is 21.0. The van der Waals surface area contributed by atoms with Crippen molar-refractivity contribution in [1.82, 2.24) is 4.90 Å². The number of thioether (sulfide) groups is 1. The molecular weight excluding hydrogens is 452 g/mol. The maximum atomic E-state index is 14.5. The second-order valence-electron chi connectivity index (χ2n) is 9.91. The minimum absolute atomic E-state index is 0.00798. The number of carboxylic acids is 1. The molecule has 0 aromatic heterocycles. The van der Waals surface area contributed by atoms with Crippen LogP contribution in [-0.4, -0.2) is 68.1 Å². The average molecular weight is 487 g/mol. The lowest BCUT2D eigenvalue weighted by molar-refractivity contribution is -0.149. The molecule has 3 heterocycles. The molecule has 4 rings (SSSR count). The predicted octanol–water partition coefficient (Wildman–Crippen LogP) is 3.02. The van der Waals surface area contributed by atoms with Gasteiger partial charge in [-0.1, -0.05) is 32.1 Å². The molecule has 2 N–H and O–H groups in total. The van der Waals surface area contributed by atoms with Crippen molar-refractivity contribution in [1.29, 1.82) is 0 Å². The van der Waals surface area contributed by atoms with Gasteiger partial charge in [0.25, 0.3) is 5.91 Å². The molecule has 3 fully saturated rings. The summed E-state index contributed by atoms with van der Waals surface area (Å²) in [7, 11) is 0. The summed E-state index contributed by atoms with van der Waals surface area (Å²) in [5, 5.41) is 20.0. The third-order valence-electron chi connectivity index (χ3n) is 8.01. The van der Waals surface area contributed by atoms with Crippen molar-refractivity contribution in [3.05, 3.63) is 42.0 Å². The summed E-state index contributed by atoms with van der Waals surface area (Å²) in [4.78, 5) is 43.9. The summed E-state index contributed by atoms with van der Waals surface area (Å²) in [6, 6.07) is 4.51. The predicted molar refractivity (Wildman–Crippen MR) is 133 cm³/mol. The van der Waals surface area contributed by atoms with Crippen LogP contribution in [0.15, 0.2) is 30.9 Å². The van der Waals surface area contributed by atoms with E-state index in [-0.39, 0.29) is 36.1 Å². The minimum atomic E-state index is -0.979. The number of likely N-dealkylation sites (tertiary alicyclic amines) is 1. The summed E-state index contributed by atoms with van der Waals surface area (Å²) >= 11 is 1.52. The molecule has 0 aliphatic carbocycles. The van der Waals surface area contributed by atoms with E-state index in [1.807, 2.05) is 45.9 Å². The zero-order valence-electron chi connectivity index (χ0n) is 20.2. The Balaban J connectivity index is 1.89. The number of rotatable bonds is 8. The minimum Gasteiger partial charge on any atom is -0.481 e. The molecule has 7 nitrogen and oxygen atoms in total. The second kappa shape index (κ2) is 9.04. The van der Waals surface area contributed by atoms with Crippen LogP contribution in [0.4, 0.5) is 5.69 Å². The fourth-order valence-corrected chi connectivity index (χ4v) is 8.82. The maximum absolute atomic E-state index is 14.5. The van der Waals surface area contributed by atoms with Gasteiger partial charge in [-0.3, -0.25) is 14.4 Å². The first kappa shape index (κ1) is 24.8. The number of aliphatic hydroxyl groups is 1. The van der Waals surface area contributed by atoms with E-state index in [4.69, 9.17) is 0 Å². The van der Waals surface area contributed by atoms with E-state index >= 15 is 0 Å². The Morgan fingerprint density at radius 3 is 2.68 bits per heavy atom. The van der Waals surface area contributed by atoms with Crippen molar-refractivity contribution in [2.24, 2.45) is 17.8 Å². The summed E-state index contributed by atoms with van der Waals surface area (Å²) in [6.07, 6.45) is 2.80. The van der Waals surface area contributed by atoms with Gasteiger partial charge in [-0.05, 0) is 49.8 Å². The van der Waals surface area contributed by atoms with E-state index in [2.05, 4.69) is 6.58 Å². The molecule has 0 saturated carbocycles. The highest BCUT2D eigenvalue weighted by Gasteiger charge is 2.77. The first-order chi connectivity index (χ1) is 16.1. The van der Waals surface area contributed by atoms with E-state index in [1.165, 1.54) is 16.7 Å². The monoisotopic (exact) mass is 486 g/mol. The Kier molecular flexibility index (Phi) is 6.59. The Morgan fingerprint density at radius 2 is 2.09 bits per heavy atom. The number of fused-ring (bicyclic) bond motifs is 1. The van der Waals surface area contributed by atoms with Crippen molar-refractivity contribution in [2.75, 3.05) is 18.1 Å². The van der Waals surface area contributed by atoms with Gasteiger partial charge >= 0.3 is 5.97 Å². The van der Waals surface area contributed by atoms with Gasteiger partial charge in [0.05, 0.1) is 29.2 Å². The van der Waals surface area contributed by atoms with Crippen LogP contribution in [0.3, 0.4) is 0 Å². The summed E-state index contributed by atoms with van der Waals surface area (Å²) in [6.45, 7) is 11.7. The van der Waals surface area contributed by atoms with Gasteiger partial charge in [0.1, 0.15) is 6.04 Å². The van der Waals surface area contributed by atoms with Gasteiger partial charge in [0, 0.05) is 17.5 Å². The van der Waals surface area contributed by atoms with Crippen molar-refractivity contribution in [3.63, 3.8) is 0 Å². The van der Waals surface area contributed by atoms with Gasteiger partial charge in [-0.15, -0.1) is 18.3 Å². The van der Waals surface area contributed by atoms with Crippen molar-refractivity contribution < 1.29 is 24.6 Å². The van der Waals surface area contributed by atoms with Gasteiger partial charge in [0.15, 0.2) is 0 Å². The number of aliphatic carboxylic acids is 1. The molecule has 184 valence electrons. The molecule has 2 amide bonds. The zero-order chi connectivity index (χ0) is 24.9. The molecule has 1 aromatic carbocycles. The Morgan fingerprint density at radius 1 is 1.38 bits per heavy atom. The maximum Gasteiger partial charge on any atom is 0.308 e. The lowest BCUT2D eigenvalue weighted by Crippen LogP contribution is -2.59. The van der Waals surface area contributed by atoms with Gasteiger partial charge in [-0.2, -0.15) is 0 Å². The number of nitrogens with zero attached hydrogens (tertiary/aromatic N) is 2. The van der Waals surface area contributed by atoms with Gasteiger partial charge in [-0.25, -0.2) is 0 Å². The number of carbonyl (C=O) groups is 3. The summed E-state index contributed by atoms with van der Waals surface area (Å²) < 4.78 is -0.832. The van der Waals surface area contributed by atoms with Gasteiger partial charge in [0.2, 0.25) is 5.91 Å². The molecule has 3 saturated heterocycles. The molecule has 1 aromatic rings. The number of carbonyl (C=O) groups excluding carboxylic acids is 2. The number of aliphatic hydroxyl groups excluding tert-OH is 1. The Hall–Kier alpha value is -2.32. The van der Waals surface area contributed by atoms with Crippen LogP contribution in [-0.2, 0) is 14.4 Å². The Labute approximate surface area is 205 Å². The van der Waals surface area contributed by atoms with Crippen LogP contribution in [0.25, 0.3) is 0 Å². The average Bonchev–Trinajstić information content (AvgIpc) is 3.39. The lowest BCUT2D eigenvalue weighted by Gasteiger charge is -2.42. The number of aryl methyl sites for hydroxylation is 2. The van der Waals surface area contributed by atoms with Crippen molar-refractivity contribution in [3.8, 4) is 0 Å². The highest BCUT2D eigenvalue weighted by atomic mass is 32.2. The molecule has 8 heteroatoms. The third kappa shape index (κ3) is 3.40. The fourth-order valence-electron chi connectivity index (χ4n) is 6.42. The number of benzene rings is 1. The smallest absolute Gasteiger partial charge is 0.308 e. The molecule has 3 aliphatic rings. The number of amides is 2.